The Kier molecular flexibility index (Phi) is 5.52. The van der Waals surface area contributed by atoms with Gasteiger partial charge in [0, 0.05) is 42.3 Å². The number of hydrogen-bond donors (Lipinski definition) is 1. The summed E-state index contributed by atoms with van der Waals surface area (Å²) in [4.78, 5) is 2.58. The topological polar surface area (TPSA) is 15.3 Å². The smallest absolute Gasteiger partial charge is 0.0453 e. The molecule has 0 amide bonds. The largest absolute Gasteiger partial charge is 0.314 e. The quantitative estimate of drug-likeness (QED) is 0.916. The van der Waals surface area contributed by atoms with E-state index < -0.39 is 0 Å². The number of nitrogens with zero attached hydrogens (tertiary/aromatic N) is 1. The minimum atomic E-state index is 0.625. The van der Waals surface area contributed by atoms with E-state index in [9.17, 15) is 0 Å². The fourth-order valence-corrected chi connectivity index (χ4v) is 3.19. The molecule has 1 aromatic carbocycles. The number of rotatable bonds is 4. The van der Waals surface area contributed by atoms with Gasteiger partial charge < -0.3 is 5.32 Å². The van der Waals surface area contributed by atoms with Crippen LogP contribution in [0.3, 0.4) is 0 Å². The predicted molar refractivity (Wildman–Crippen MR) is 83.2 cm³/mol. The fourth-order valence-electron chi connectivity index (χ4n) is 2.69. The van der Waals surface area contributed by atoms with Gasteiger partial charge in [-0.3, -0.25) is 4.90 Å². The first kappa shape index (κ1) is 15.1. The molecule has 2 nitrogen and oxygen atoms in total. The van der Waals surface area contributed by atoms with Crippen LogP contribution in [0, 0.1) is 5.92 Å². The third-order valence-electron chi connectivity index (χ3n) is 3.85. The van der Waals surface area contributed by atoms with Crippen molar-refractivity contribution >= 4 is 23.2 Å². The molecule has 1 fully saturated rings. The van der Waals surface area contributed by atoms with E-state index in [0.29, 0.717) is 17.0 Å². The highest BCUT2D eigenvalue weighted by molar-refractivity contribution is 6.35. The number of piperazine rings is 1. The van der Waals surface area contributed by atoms with Gasteiger partial charge in [0.15, 0.2) is 0 Å². The van der Waals surface area contributed by atoms with Gasteiger partial charge in [-0.2, -0.15) is 0 Å². The lowest BCUT2D eigenvalue weighted by molar-refractivity contribution is 0.126. The van der Waals surface area contributed by atoms with Crippen LogP contribution in [-0.4, -0.2) is 37.1 Å². The Morgan fingerprint density at radius 3 is 2.84 bits per heavy atom. The van der Waals surface area contributed by atoms with Crippen LogP contribution < -0.4 is 5.32 Å². The van der Waals surface area contributed by atoms with Crippen LogP contribution in [0.2, 0.25) is 10.0 Å². The summed E-state index contributed by atoms with van der Waals surface area (Å²) in [5.74, 6) is 0.675. The second-order valence-corrected chi connectivity index (χ2v) is 6.38. The second-order valence-electron chi connectivity index (χ2n) is 5.54. The highest BCUT2D eigenvalue weighted by Gasteiger charge is 2.24. The van der Waals surface area contributed by atoms with E-state index in [1.807, 2.05) is 18.2 Å². The SMILES string of the molecule is CC(C)C1CNCCN1CCc1ccc(Cl)cc1Cl. The van der Waals surface area contributed by atoms with E-state index in [-0.39, 0.29) is 0 Å². The van der Waals surface area contributed by atoms with Gasteiger partial charge in [0.25, 0.3) is 0 Å². The molecule has 106 valence electrons. The van der Waals surface area contributed by atoms with Crippen LogP contribution >= 0.6 is 23.2 Å². The Morgan fingerprint density at radius 2 is 2.16 bits per heavy atom. The van der Waals surface area contributed by atoms with Crippen LogP contribution in [0.4, 0.5) is 0 Å². The predicted octanol–water partition coefficient (Wildman–Crippen LogP) is 3.47. The first-order chi connectivity index (χ1) is 9.08. The maximum Gasteiger partial charge on any atom is 0.0453 e. The molecule has 1 aliphatic heterocycles. The maximum atomic E-state index is 6.23. The Balaban J connectivity index is 1.96. The Hall–Kier alpha value is -0.280. The van der Waals surface area contributed by atoms with Crippen LogP contribution in [0.15, 0.2) is 18.2 Å². The summed E-state index contributed by atoms with van der Waals surface area (Å²) in [6.07, 6.45) is 0.985. The first-order valence-electron chi connectivity index (χ1n) is 6.96. The van der Waals surface area contributed by atoms with E-state index in [1.165, 1.54) is 5.56 Å². The summed E-state index contributed by atoms with van der Waals surface area (Å²) in [5, 5.41) is 4.96. The molecule has 1 aliphatic rings. The maximum absolute atomic E-state index is 6.23. The third kappa shape index (κ3) is 4.09. The molecule has 19 heavy (non-hydrogen) atoms. The van der Waals surface area contributed by atoms with E-state index in [1.54, 1.807) is 0 Å². The van der Waals surface area contributed by atoms with E-state index in [2.05, 4.69) is 24.1 Å². The van der Waals surface area contributed by atoms with Gasteiger partial charge >= 0.3 is 0 Å². The molecule has 0 aromatic heterocycles. The molecule has 0 bridgehead atoms. The van der Waals surface area contributed by atoms with Gasteiger partial charge in [-0.25, -0.2) is 0 Å². The van der Waals surface area contributed by atoms with E-state index in [0.717, 1.165) is 37.6 Å². The Bertz CT molecular complexity index is 421. The fraction of sp³-hybridized carbons (Fsp3) is 0.600. The van der Waals surface area contributed by atoms with Crippen molar-refractivity contribution in [1.82, 2.24) is 10.2 Å². The van der Waals surface area contributed by atoms with Crippen molar-refractivity contribution in [1.29, 1.82) is 0 Å². The van der Waals surface area contributed by atoms with Gasteiger partial charge in [-0.05, 0) is 30.0 Å². The second kappa shape index (κ2) is 6.94. The molecule has 0 saturated carbocycles. The summed E-state index contributed by atoms with van der Waals surface area (Å²) in [6.45, 7) is 8.93. The van der Waals surface area contributed by atoms with Crippen molar-refractivity contribution in [2.24, 2.45) is 5.92 Å². The van der Waals surface area contributed by atoms with E-state index >= 15 is 0 Å². The van der Waals surface area contributed by atoms with Gasteiger partial charge in [0.05, 0.1) is 0 Å². The molecular weight excluding hydrogens is 279 g/mol. The van der Waals surface area contributed by atoms with Gasteiger partial charge in [0.2, 0.25) is 0 Å². The number of nitrogens with one attached hydrogen (secondary N) is 1. The molecule has 1 aromatic rings. The van der Waals surface area contributed by atoms with Gasteiger partial charge in [0.1, 0.15) is 0 Å². The van der Waals surface area contributed by atoms with Gasteiger partial charge in [-0.15, -0.1) is 0 Å². The molecule has 4 heteroatoms. The lowest BCUT2D eigenvalue weighted by Crippen LogP contribution is -2.53. The molecule has 1 saturated heterocycles. The zero-order valence-corrected chi connectivity index (χ0v) is 13.1. The molecule has 1 unspecified atom stereocenters. The lowest BCUT2D eigenvalue weighted by atomic mass is 10.00. The average molecular weight is 301 g/mol. The molecule has 0 radical (unpaired) electrons. The highest BCUT2D eigenvalue weighted by atomic mass is 35.5. The van der Waals surface area contributed by atoms with Crippen molar-refractivity contribution in [2.75, 3.05) is 26.2 Å². The molecule has 1 heterocycles. The van der Waals surface area contributed by atoms with Crippen molar-refractivity contribution in [3.8, 4) is 0 Å². The zero-order chi connectivity index (χ0) is 13.8. The average Bonchev–Trinajstić information content (AvgIpc) is 2.38. The molecule has 1 atom stereocenters. The summed E-state index contributed by atoms with van der Waals surface area (Å²) in [6, 6.07) is 6.41. The lowest BCUT2D eigenvalue weighted by Gasteiger charge is -2.38. The summed E-state index contributed by atoms with van der Waals surface area (Å²) < 4.78 is 0. The van der Waals surface area contributed by atoms with E-state index in [4.69, 9.17) is 23.2 Å². The molecule has 2 rings (SSSR count). The Labute approximate surface area is 126 Å². The summed E-state index contributed by atoms with van der Waals surface area (Å²) in [5.41, 5.74) is 1.19. The highest BCUT2D eigenvalue weighted by Crippen LogP contribution is 2.22. The number of benzene rings is 1. The van der Waals surface area contributed by atoms with Crippen molar-refractivity contribution in [2.45, 2.75) is 26.3 Å². The monoisotopic (exact) mass is 300 g/mol. The minimum absolute atomic E-state index is 0.625. The number of halogens is 2. The third-order valence-corrected chi connectivity index (χ3v) is 4.44. The van der Waals surface area contributed by atoms with Crippen LogP contribution in [0.5, 0.6) is 0 Å². The Morgan fingerprint density at radius 1 is 1.37 bits per heavy atom. The van der Waals surface area contributed by atoms with Crippen molar-refractivity contribution in [3.05, 3.63) is 33.8 Å². The van der Waals surface area contributed by atoms with Gasteiger partial charge in [-0.1, -0.05) is 43.1 Å². The first-order valence-corrected chi connectivity index (χ1v) is 7.72. The number of hydrogen-bond acceptors (Lipinski definition) is 2. The van der Waals surface area contributed by atoms with Crippen LogP contribution in [0.1, 0.15) is 19.4 Å². The molecular formula is C15H22Cl2N2. The molecule has 0 aliphatic carbocycles. The minimum Gasteiger partial charge on any atom is -0.314 e. The zero-order valence-electron chi connectivity index (χ0n) is 11.6. The molecule has 1 N–H and O–H groups in total. The summed E-state index contributed by atoms with van der Waals surface area (Å²) >= 11 is 12.2. The standard InChI is InChI=1S/C15H22Cl2N2/c1-11(2)15-10-18-6-8-19(15)7-5-12-3-4-13(16)9-14(12)17/h3-4,9,11,15,18H,5-8,10H2,1-2H3. The summed E-state index contributed by atoms with van der Waals surface area (Å²) in [7, 11) is 0. The normalized spacial score (nSPS) is 21.0. The van der Waals surface area contributed by atoms with Crippen LogP contribution in [0.25, 0.3) is 0 Å². The van der Waals surface area contributed by atoms with Crippen LogP contribution in [-0.2, 0) is 6.42 Å². The van der Waals surface area contributed by atoms with Crippen molar-refractivity contribution < 1.29 is 0 Å². The molecule has 0 spiro atoms. The van der Waals surface area contributed by atoms with Crippen molar-refractivity contribution in [3.63, 3.8) is 0 Å².